The predicted molar refractivity (Wildman–Crippen MR) is 160 cm³/mol. The predicted octanol–water partition coefficient (Wildman–Crippen LogP) is 6.31. The first-order valence-corrected chi connectivity index (χ1v) is 15.2. The molecule has 13 heteroatoms. The number of anilines is 2. The number of phenols is 1. The molecule has 0 amide bonds. The maximum absolute atomic E-state index is 12.9. The minimum atomic E-state index is -2.67. The molecule has 0 fully saturated rings. The lowest BCUT2D eigenvalue weighted by Gasteiger charge is -2.14. The monoisotopic (exact) mass is 601 g/mol. The maximum atomic E-state index is 12.9. The largest absolute Gasteiger partial charge is 0.579 e. The molecular weight excluding hydrogens is 572 g/mol. The number of nitrogens with zero attached hydrogens (tertiary/aromatic N) is 3. The number of hydrogen-bond donors (Lipinski definition) is 3. The Morgan fingerprint density at radius 1 is 0.775 bits per heavy atom. The van der Waals surface area contributed by atoms with Gasteiger partial charge >= 0.3 is 16.1 Å². The van der Waals surface area contributed by atoms with Gasteiger partial charge in [0.25, 0.3) is 0 Å². The van der Waals surface area contributed by atoms with Gasteiger partial charge in [-0.15, -0.1) is 11.3 Å². The van der Waals surface area contributed by atoms with Crippen LogP contribution < -0.4 is 20.4 Å². The molecule has 208 valence electrons. The van der Waals surface area contributed by atoms with Gasteiger partial charge in [-0.25, -0.2) is 15.5 Å². The van der Waals surface area contributed by atoms with Gasteiger partial charge in [0.1, 0.15) is 10.8 Å². The first-order chi connectivity index (χ1) is 19.0. The third-order valence-electron chi connectivity index (χ3n) is 6.34. The lowest BCUT2D eigenvalue weighted by atomic mass is 10.0. The number of aromatic nitrogens is 1. The van der Waals surface area contributed by atoms with Crippen molar-refractivity contribution in [3.05, 3.63) is 59.7 Å². The zero-order valence-corrected chi connectivity index (χ0v) is 25.3. The summed E-state index contributed by atoms with van der Waals surface area (Å²) < 4.78 is 34.3. The molecule has 0 saturated heterocycles. The number of phenolic OH excluding ortho intramolecular Hbond substituents is 1. The van der Waals surface area contributed by atoms with Crippen LogP contribution in [0.4, 0.5) is 11.4 Å². The third-order valence-corrected chi connectivity index (χ3v) is 9.28. The number of hydrogen-bond acceptors (Lipinski definition) is 11. The van der Waals surface area contributed by atoms with Gasteiger partial charge in [0.15, 0.2) is 0 Å². The van der Waals surface area contributed by atoms with Crippen molar-refractivity contribution in [3.63, 3.8) is 0 Å². The Kier molecular flexibility index (Phi) is 8.97. The van der Waals surface area contributed by atoms with Gasteiger partial charge in [-0.1, -0.05) is 6.07 Å². The van der Waals surface area contributed by atoms with Crippen LogP contribution in [0.15, 0.2) is 48.5 Å². The molecule has 0 radical (unpaired) electrons. The van der Waals surface area contributed by atoms with E-state index in [1.165, 1.54) is 11.3 Å². The summed E-state index contributed by atoms with van der Waals surface area (Å²) >= 11 is 1.23. The van der Waals surface area contributed by atoms with E-state index in [1.807, 2.05) is 69.2 Å². The second-order valence-corrected chi connectivity index (χ2v) is 12.9. The molecule has 0 aliphatic rings. The quantitative estimate of drug-likeness (QED) is 0.114. The normalized spacial score (nSPS) is 11.9. The van der Waals surface area contributed by atoms with Crippen LogP contribution in [0.1, 0.15) is 11.1 Å². The van der Waals surface area contributed by atoms with Crippen molar-refractivity contribution >= 4 is 49.4 Å². The van der Waals surface area contributed by atoms with Gasteiger partial charge in [-0.05, 0) is 64.4 Å². The second kappa shape index (κ2) is 12.1. The molecular formula is C27H29N3O7P2S+2. The van der Waals surface area contributed by atoms with Crippen LogP contribution in [-0.2, 0) is 18.5 Å². The minimum Gasteiger partial charge on any atom is -0.507 e. The summed E-state index contributed by atoms with van der Waals surface area (Å²) in [4.78, 5) is 9.04. The van der Waals surface area contributed by atoms with Gasteiger partial charge in [-0.2, -0.15) is 0 Å². The average Bonchev–Trinajstić information content (AvgIpc) is 3.38. The number of aryl methyl sites for hydroxylation is 2. The Hall–Kier alpha value is -3.27. The Morgan fingerprint density at radius 3 is 1.82 bits per heavy atom. The number of thiazole rings is 1. The first-order valence-electron chi connectivity index (χ1n) is 12.0. The van der Waals surface area contributed by atoms with E-state index in [0.29, 0.717) is 37.8 Å². The first kappa shape index (κ1) is 29.7. The van der Waals surface area contributed by atoms with Crippen molar-refractivity contribution in [1.29, 1.82) is 0 Å². The Balaban J connectivity index is 2.10. The maximum Gasteiger partial charge on any atom is 0.579 e. The third kappa shape index (κ3) is 5.77. The van der Waals surface area contributed by atoms with Crippen molar-refractivity contribution in [2.24, 2.45) is 0 Å². The molecule has 0 aliphatic heterocycles. The van der Waals surface area contributed by atoms with Crippen molar-refractivity contribution in [3.8, 4) is 38.0 Å². The number of aromatic hydroxyl groups is 1. The summed E-state index contributed by atoms with van der Waals surface area (Å²) in [6.07, 6.45) is 0. The van der Waals surface area contributed by atoms with Crippen LogP contribution in [0.25, 0.3) is 32.3 Å². The molecule has 3 N–H and O–H groups in total. The number of benzene rings is 3. The lowest BCUT2D eigenvalue weighted by Crippen LogP contribution is -2.13. The zero-order chi connectivity index (χ0) is 29.3. The van der Waals surface area contributed by atoms with E-state index in [9.17, 15) is 24.8 Å². The van der Waals surface area contributed by atoms with Crippen molar-refractivity contribution in [2.75, 3.05) is 38.0 Å². The van der Waals surface area contributed by atoms with Gasteiger partial charge in [0, 0.05) is 61.0 Å². The van der Waals surface area contributed by atoms with Crippen molar-refractivity contribution in [2.45, 2.75) is 13.8 Å². The second-order valence-electron chi connectivity index (χ2n) is 9.54. The SMILES string of the molecule is Cc1cc(C)c(O)c(-c2nc(-c3ccc(N(C)C)cc3[P+](=O)OO)c(-c3ccc(N(C)C)cc3[P+](=O)OO)s2)c1. The van der Waals surface area contributed by atoms with Crippen molar-refractivity contribution < 1.29 is 34.1 Å². The molecule has 0 aliphatic carbocycles. The van der Waals surface area contributed by atoms with E-state index in [4.69, 9.17) is 4.98 Å². The standard InChI is InChI=1S/C27H27N3O7P2S/c1-15-11-16(2)25(31)21(12-15)27-28-24(19-9-7-17(29(3)4)13-22(19)38(34)36-32)26(40-27)20-10-8-18(30(5)6)14-23(20)39(35)37-33/h7-14H,1-6H3,(H-2,28,31,32,33,35)/p+2. The van der Waals surface area contributed by atoms with E-state index < -0.39 is 16.1 Å². The molecule has 10 nitrogen and oxygen atoms in total. The molecule has 0 saturated carbocycles. The topological polar surface area (TPSA) is 133 Å². The molecule has 4 rings (SSSR count). The minimum absolute atomic E-state index is 0.0679. The van der Waals surface area contributed by atoms with Crippen molar-refractivity contribution in [1.82, 2.24) is 4.98 Å². The fraction of sp³-hybridized carbons (Fsp3) is 0.222. The highest BCUT2D eigenvalue weighted by atomic mass is 32.1. The summed E-state index contributed by atoms with van der Waals surface area (Å²) in [5.74, 6) is 0.0679. The van der Waals surface area contributed by atoms with Crippen LogP contribution in [0.3, 0.4) is 0 Å². The fourth-order valence-electron chi connectivity index (χ4n) is 4.30. The summed E-state index contributed by atoms with van der Waals surface area (Å²) in [5, 5.41) is 30.5. The van der Waals surface area contributed by atoms with Gasteiger partial charge < -0.3 is 14.9 Å². The van der Waals surface area contributed by atoms with Gasteiger partial charge in [0.05, 0.1) is 27.3 Å². The molecule has 3 aromatic carbocycles. The Bertz CT molecular complexity index is 1530. The van der Waals surface area contributed by atoms with E-state index in [1.54, 1.807) is 31.2 Å². The lowest BCUT2D eigenvalue weighted by molar-refractivity contribution is -0.128. The highest BCUT2D eigenvalue weighted by molar-refractivity contribution is 7.49. The summed E-state index contributed by atoms with van der Waals surface area (Å²) in [7, 11) is 1.97. The average molecular weight is 602 g/mol. The molecule has 40 heavy (non-hydrogen) atoms. The van der Waals surface area contributed by atoms with Gasteiger partial charge in [-0.3, -0.25) is 0 Å². The molecule has 2 atom stereocenters. The zero-order valence-electron chi connectivity index (χ0n) is 22.7. The summed E-state index contributed by atoms with van der Waals surface area (Å²) in [6, 6.07) is 14.1. The highest BCUT2D eigenvalue weighted by Gasteiger charge is 2.35. The van der Waals surface area contributed by atoms with E-state index in [-0.39, 0.29) is 16.4 Å². The van der Waals surface area contributed by atoms with Crippen LogP contribution >= 0.6 is 27.4 Å². The summed E-state index contributed by atoms with van der Waals surface area (Å²) in [6.45, 7) is 3.71. The molecule has 1 aromatic heterocycles. The number of rotatable bonds is 9. The van der Waals surface area contributed by atoms with E-state index in [2.05, 4.69) is 9.35 Å². The van der Waals surface area contributed by atoms with Crippen LogP contribution in [0.2, 0.25) is 0 Å². The Morgan fingerprint density at radius 2 is 1.30 bits per heavy atom. The van der Waals surface area contributed by atoms with Gasteiger partial charge in [0.2, 0.25) is 10.6 Å². The van der Waals surface area contributed by atoms with Crippen LogP contribution in [0.5, 0.6) is 5.75 Å². The molecule has 0 bridgehead atoms. The smallest absolute Gasteiger partial charge is 0.507 e. The van der Waals surface area contributed by atoms with E-state index in [0.717, 1.165) is 16.9 Å². The molecule has 0 spiro atoms. The highest BCUT2D eigenvalue weighted by Crippen LogP contribution is 2.46. The Labute approximate surface area is 237 Å². The van der Waals surface area contributed by atoms with E-state index >= 15 is 0 Å². The fourth-order valence-corrected chi connectivity index (χ4v) is 6.93. The molecule has 1 heterocycles. The van der Waals surface area contributed by atoms with Crippen LogP contribution in [0, 0.1) is 13.8 Å². The molecule has 2 unspecified atom stereocenters. The molecule has 4 aromatic rings. The van der Waals surface area contributed by atoms with Crippen LogP contribution in [-0.4, -0.2) is 48.8 Å². The summed E-state index contributed by atoms with van der Waals surface area (Å²) in [5.41, 5.74) is 4.77.